The van der Waals surface area contributed by atoms with Gasteiger partial charge in [-0.15, -0.1) is 0 Å². The Balaban J connectivity index is 1.99. The molecule has 98 valence electrons. The fourth-order valence-electron chi connectivity index (χ4n) is 1.48. The van der Waals surface area contributed by atoms with Crippen molar-refractivity contribution in [2.45, 2.75) is 6.61 Å². The van der Waals surface area contributed by atoms with Crippen LogP contribution in [-0.4, -0.2) is 30.3 Å². The van der Waals surface area contributed by atoms with Crippen LogP contribution in [0.25, 0.3) is 0 Å². The lowest BCUT2D eigenvalue weighted by Crippen LogP contribution is -2.07. The highest BCUT2D eigenvalue weighted by Crippen LogP contribution is 2.17. The van der Waals surface area contributed by atoms with Gasteiger partial charge in [0.15, 0.2) is 5.82 Å². The summed E-state index contributed by atoms with van der Waals surface area (Å²) in [4.78, 5) is 10.3. The minimum Gasteiger partial charge on any atom is -0.489 e. The van der Waals surface area contributed by atoms with Gasteiger partial charge in [-0.3, -0.25) is 0 Å². The highest BCUT2D eigenvalue weighted by molar-refractivity contribution is 5.59. The average Bonchev–Trinajstić information content (AvgIpc) is 2.44. The zero-order chi connectivity index (χ0) is 13.5. The molecular formula is C15H17N3O. The molecule has 1 aromatic heterocycles. The molecule has 2 rings (SSSR count). The molecule has 0 unspecified atom stereocenters. The molecule has 1 heterocycles. The minimum atomic E-state index is 0.543. The molecule has 0 atom stereocenters. The third-order valence-corrected chi connectivity index (χ3v) is 2.39. The molecule has 0 fully saturated rings. The molecule has 19 heavy (non-hydrogen) atoms. The van der Waals surface area contributed by atoms with Gasteiger partial charge in [-0.2, -0.15) is 0 Å². The summed E-state index contributed by atoms with van der Waals surface area (Å²) in [5, 5.41) is 0. The van der Waals surface area contributed by atoms with Crippen LogP contribution in [0.5, 0.6) is 5.75 Å². The smallest absolute Gasteiger partial charge is 0.157 e. The highest BCUT2D eigenvalue weighted by Gasteiger charge is 1.98. The zero-order valence-corrected chi connectivity index (χ0v) is 11.2. The van der Waals surface area contributed by atoms with Crippen LogP contribution in [0.2, 0.25) is 0 Å². The van der Waals surface area contributed by atoms with E-state index >= 15 is 0 Å². The maximum Gasteiger partial charge on any atom is 0.157 e. The van der Waals surface area contributed by atoms with Crippen molar-refractivity contribution in [2.24, 2.45) is 4.99 Å². The number of benzene rings is 1. The average molecular weight is 255 g/mol. The van der Waals surface area contributed by atoms with Crippen molar-refractivity contribution < 1.29 is 4.74 Å². The summed E-state index contributed by atoms with van der Waals surface area (Å²) in [6.07, 6.45) is 3.41. The van der Waals surface area contributed by atoms with E-state index in [0.29, 0.717) is 12.4 Å². The molecule has 4 heteroatoms. The lowest BCUT2D eigenvalue weighted by atomic mass is 10.2. The van der Waals surface area contributed by atoms with E-state index in [2.05, 4.69) is 9.98 Å². The maximum absolute atomic E-state index is 5.71. The van der Waals surface area contributed by atoms with Crippen molar-refractivity contribution in [3.05, 3.63) is 54.2 Å². The molecule has 0 bridgehead atoms. The third-order valence-electron chi connectivity index (χ3n) is 2.39. The van der Waals surface area contributed by atoms with Crippen LogP contribution in [0.3, 0.4) is 0 Å². The van der Waals surface area contributed by atoms with Crippen LogP contribution in [0.4, 0.5) is 5.82 Å². The molecule has 0 saturated carbocycles. The van der Waals surface area contributed by atoms with Crippen LogP contribution in [0.15, 0.2) is 53.7 Å². The van der Waals surface area contributed by atoms with Crippen molar-refractivity contribution in [2.75, 3.05) is 14.1 Å². The Hall–Kier alpha value is -2.36. The Morgan fingerprint density at radius 3 is 2.74 bits per heavy atom. The van der Waals surface area contributed by atoms with E-state index < -0.39 is 0 Å². The number of ether oxygens (including phenoxy) is 1. The number of hydrogen-bond donors (Lipinski definition) is 0. The lowest BCUT2D eigenvalue weighted by molar-refractivity contribution is 0.306. The molecule has 0 aliphatic heterocycles. The SMILES string of the molecule is CN(C)/C=N\c1cc(OCc2ccccc2)ccn1. The summed E-state index contributed by atoms with van der Waals surface area (Å²) >= 11 is 0. The van der Waals surface area contributed by atoms with Crippen molar-refractivity contribution in [3.8, 4) is 5.75 Å². The molecule has 0 N–H and O–H groups in total. The van der Waals surface area contributed by atoms with E-state index in [1.807, 2.05) is 61.5 Å². The summed E-state index contributed by atoms with van der Waals surface area (Å²) in [5.74, 6) is 1.41. The predicted octanol–water partition coefficient (Wildman–Crippen LogP) is 2.88. The first kappa shape index (κ1) is 13.1. The zero-order valence-electron chi connectivity index (χ0n) is 11.2. The maximum atomic E-state index is 5.71. The van der Waals surface area contributed by atoms with E-state index in [9.17, 15) is 0 Å². The van der Waals surface area contributed by atoms with Crippen molar-refractivity contribution in [3.63, 3.8) is 0 Å². The Morgan fingerprint density at radius 1 is 1.21 bits per heavy atom. The fraction of sp³-hybridized carbons (Fsp3) is 0.200. The fourth-order valence-corrected chi connectivity index (χ4v) is 1.48. The molecule has 4 nitrogen and oxygen atoms in total. The first-order valence-corrected chi connectivity index (χ1v) is 6.07. The number of pyridine rings is 1. The Labute approximate surface area is 113 Å². The van der Waals surface area contributed by atoms with Crippen LogP contribution >= 0.6 is 0 Å². The number of aliphatic imine (C=N–C) groups is 1. The summed E-state index contributed by atoms with van der Waals surface area (Å²) in [7, 11) is 3.83. The normalized spacial score (nSPS) is 10.6. The van der Waals surface area contributed by atoms with Gasteiger partial charge < -0.3 is 9.64 Å². The van der Waals surface area contributed by atoms with Gasteiger partial charge >= 0.3 is 0 Å². The largest absolute Gasteiger partial charge is 0.489 e. The number of aromatic nitrogens is 1. The number of hydrogen-bond acceptors (Lipinski definition) is 3. The van der Waals surface area contributed by atoms with Gasteiger partial charge in [0.1, 0.15) is 12.4 Å². The number of nitrogens with zero attached hydrogens (tertiary/aromatic N) is 3. The summed E-state index contributed by atoms with van der Waals surface area (Å²) in [6, 6.07) is 13.7. The molecular weight excluding hydrogens is 238 g/mol. The first-order chi connectivity index (χ1) is 9.24. The van der Waals surface area contributed by atoms with E-state index in [1.165, 1.54) is 0 Å². The van der Waals surface area contributed by atoms with E-state index in [-0.39, 0.29) is 0 Å². The molecule has 0 aliphatic carbocycles. The van der Waals surface area contributed by atoms with Crippen molar-refractivity contribution >= 4 is 12.2 Å². The molecule has 0 amide bonds. The van der Waals surface area contributed by atoms with Crippen LogP contribution in [-0.2, 0) is 6.61 Å². The van der Waals surface area contributed by atoms with Crippen LogP contribution < -0.4 is 4.74 Å². The minimum absolute atomic E-state index is 0.543. The molecule has 2 aromatic rings. The second-order valence-electron chi connectivity index (χ2n) is 4.33. The highest BCUT2D eigenvalue weighted by atomic mass is 16.5. The molecule has 0 saturated heterocycles. The van der Waals surface area contributed by atoms with Crippen molar-refractivity contribution in [1.82, 2.24) is 9.88 Å². The van der Waals surface area contributed by atoms with Crippen LogP contribution in [0, 0.1) is 0 Å². The molecule has 0 spiro atoms. The summed E-state index contributed by atoms with van der Waals surface area (Å²) < 4.78 is 5.71. The van der Waals surface area contributed by atoms with Gasteiger partial charge in [-0.05, 0) is 11.6 Å². The van der Waals surface area contributed by atoms with Gasteiger partial charge in [-0.1, -0.05) is 30.3 Å². The Bertz CT molecular complexity index is 538. The predicted molar refractivity (Wildman–Crippen MR) is 76.9 cm³/mol. The van der Waals surface area contributed by atoms with E-state index in [4.69, 9.17) is 4.74 Å². The van der Waals surface area contributed by atoms with Crippen LogP contribution in [0.1, 0.15) is 5.56 Å². The molecule has 0 radical (unpaired) electrons. The van der Waals surface area contributed by atoms with E-state index in [0.717, 1.165) is 11.3 Å². The molecule has 1 aromatic carbocycles. The number of rotatable bonds is 5. The van der Waals surface area contributed by atoms with Gasteiger partial charge in [0.25, 0.3) is 0 Å². The Morgan fingerprint density at radius 2 is 2.00 bits per heavy atom. The van der Waals surface area contributed by atoms with Gasteiger partial charge in [-0.25, -0.2) is 9.98 Å². The lowest BCUT2D eigenvalue weighted by Gasteiger charge is -2.06. The van der Waals surface area contributed by atoms with Gasteiger partial charge in [0.05, 0.1) is 6.34 Å². The standard InChI is InChI=1S/C15H17N3O/c1-18(2)12-17-15-10-14(8-9-16-15)19-11-13-6-4-3-5-7-13/h3-10,12H,11H2,1-2H3/b17-12-. The van der Waals surface area contributed by atoms with E-state index in [1.54, 1.807) is 12.5 Å². The Kier molecular flexibility index (Phi) is 4.50. The second-order valence-corrected chi connectivity index (χ2v) is 4.33. The second kappa shape index (κ2) is 6.54. The quantitative estimate of drug-likeness (QED) is 0.609. The third kappa shape index (κ3) is 4.43. The summed E-state index contributed by atoms with van der Waals surface area (Å²) in [6.45, 7) is 0.543. The van der Waals surface area contributed by atoms with Crippen molar-refractivity contribution in [1.29, 1.82) is 0 Å². The topological polar surface area (TPSA) is 37.7 Å². The first-order valence-electron chi connectivity index (χ1n) is 6.07. The monoisotopic (exact) mass is 255 g/mol. The van der Waals surface area contributed by atoms with Gasteiger partial charge in [0.2, 0.25) is 0 Å². The summed E-state index contributed by atoms with van der Waals surface area (Å²) in [5.41, 5.74) is 1.14. The molecule has 0 aliphatic rings. The van der Waals surface area contributed by atoms with Gasteiger partial charge in [0, 0.05) is 26.4 Å².